The first kappa shape index (κ1) is 15.3. The van der Waals surface area contributed by atoms with E-state index >= 15 is 0 Å². The number of hydrogen-bond donors (Lipinski definition) is 1. The molecule has 1 aliphatic heterocycles. The summed E-state index contributed by atoms with van der Waals surface area (Å²) in [5.74, 6) is 0.452. The zero-order valence-electron chi connectivity index (χ0n) is 12.2. The maximum atomic E-state index is 12.2. The van der Waals surface area contributed by atoms with Gasteiger partial charge in [-0.1, -0.05) is 12.1 Å². The van der Waals surface area contributed by atoms with E-state index in [0.717, 1.165) is 31.5 Å². The van der Waals surface area contributed by atoms with Gasteiger partial charge in [-0.2, -0.15) is 0 Å². The van der Waals surface area contributed by atoms with Gasteiger partial charge in [0.2, 0.25) is 0 Å². The maximum Gasteiger partial charge on any atom is 0.251 e. The van der Waals surface area contributed by atoms with Gasteiger partial charge in [-0.05, 0) is 44.4 Å². The van der Waals surface area contributed by atoms with Crippen LogP contribution in [0.2, 0.25) is 0 Å². The highest BCUT2D eigenvalue weighted by Crippen LogP contribution is 2.14. The van der Waals surface area contributed by atoms with E-state index in [0.29, 0.717) is 17.5 Å². The largest absolute Gasteiger partial charge is 0.349 e. The third-order valence-corrected chi connectivity index (χ3v) is 4.25. The van der Waals surface area contributed by atoms with E-state index in [-0.39, 0.29) is 11.9 Å². The lowest BCUT2D eigenvalue weighted by atomic mass is 10.0. The van der Waals surface area contributed by atoms with Crippen molar-refractivity contribution in [2.75, 3.05) is 13.1 Å². The van der Waals surface area contributed by atoms with Gasteiger partial charge >= 0.3 is 0 Å². The quantitative estimate of drug-likeness (QED) is 0.866. The molecule has 0 spiro atoms. The number of nitrogens with one attached hydrogen (secondary N) is 1. The van der Waals surface area contributed by atoms with Crippen LogP contribution in [0.1, 0.15) is 42.6 Å². The van der Waals surface area contributed by atoms with Crippen LogP contribution in [0.5, 0.6) is 0 Å². The van der Waals surface area contributed by atoms with Crippen LogP contribution in [0.25, 0.3) is 0 Å². The molecule has 1 amide bonds. The Balaban J connectivity index is 1.89. The second-order valence-electron chi connectivity index (χ2n) is 5.71. The summed E-state index contributed by atoms with van der Waals surface area (Å²) in [6.07, 6.45) is 2.05. The van der Waals surface area contributed by atoms with Crippen LogP contribution in [0.4, 0.5) is 0 Å². The molecule has 0 radical (unpaired) electrons. The minimum absolute atomic E-state index is 0.0139. The van der Waals surface area contributed by atoms with Crippen LogP contribution in [0, 0.1) is 0 Å². The molecule has 1 aliphatic rings. The first-order valence-electron chi connectivity index (χ1n) is 7.30. The summed E-state index contributed by atoms with van der Waals surface area (Å²) in [6, 6.07) is 8.41. The molecule has 0 aliphatic carbocycles. The summed E-state index contributed by atoms with van der Waals surface area (Å²) < 4.78 is 0. The lowest BCUT2D eigenvalue weighted by Gasteiger charge is -2.34. The average molecular weight is 295 g/mol. The van der Waals surface area contributed by atoms with Crippen molar-refractivity contribution in [3.05, 3.63) is 35.4 Å². The van der Waals surface area contributed by atoms with Crippen molar-refractivity contribution in [1.29, 1.82) is 0 Å². The topological polar surface area (TPSA) is 32.3 Å². The number of amides is 1. The molecular formula is C16H23ClN2O. The van der Waals surface area contributed by atoms with Crippen molar-refractivity contribution in [1.82, 2.24) is 10.2 Å². The van der Waals surface area contributed by atoms with E-state index in [1.165, 1.54) is 0 Å². The van der Waals surface area contributed by atoms with E-state index in [4.69, 9.17) is 11.6 Å². The average Bonchev–Trinajstić information content (AvgIpc) is 2.47. The molecule has 1 aromatic rings. The van der Waals surface area contributed by atoms with Crippen molar-refractivity contribution in [3.63, 3.8) is 0 Å². The summed E-state index contributed by atoms with van der Waals surface area (Å²) >= 11 is 5.80. The molecule has 0 unspecified atom stereocenters. The van der Waals surface area contributed by atoms with Crippen LogP contribution in [-0.2, 0) is 5.88 Å². The zero-order chi connectivity index (χ0) is 14.5. The van der Waals surface area contributed by atoms with Crippen molar-refractivity contribution >= 4 is 17.5 Å². The maximum absolute atomic E-state index is 12.2. The van der Waals surface area contributed by atoms with Gasteiger partial charge in [-0.3, -0.25) is 4.79 Å². The number of nitrogens with zero attached hydrogens (tertiary/aromatic N) is 1. The molecule has 0 aromatic heterocycles. The molecule has 0 saturated carbocycles. The lowest BCUT2D eigenvalue weighted by Crippen LogP contribution is -2.46. The number of piperidine rings is 1. The van der Waals surface area contributed by atoms with Gasteiger partial charge < -0.3 is 10.2 Å². The Kier molecular flexibility index (Phi) is 5.44. The molecule has 4 heteroatoms. The van der Waals surface area contributed by atoms with Crippen molar-refractivity contribution in [2.24, 2.45) is 0 Å². The first-order valence-corrected chi connectivity index (χ1v) is 7.83. The number of carbonyl (C=O) groups is 1. The first-order chi connectivity index (χ1) is 9.60. The second kappa shape index (κ2) is 7.09. The molecular weight excluding hydrogens is 272 g/mol. The van der Waals surface area contributed by atoms with Gasteiger partial charge in [0.25, 0.3) is 5.91 Å². The predicted octanol–water partition coefficient (Wildman–Crippen LogP) is 3.03. The number of likely N-dealkylation sites (tertiary alicyclic amines) is 1. The third-order valence-electron chi connectivity index (χ3n) is 3.94. The summed E-state index contributed by atoms with van der Waals surface area (Å²) in [4.78, 5) is 14.7. The molecule has 1 N–H and O–H groups in total. The number of rotatable bonds is 4. The van der Waals surface area contributed by atoms with Gasteiger partial charge in [0.05, 0.1) is 0 Å². The highest BCUT2D eigenvalue weighted by molar-refractivity contribution is 6.17. The Morgan fingerprint density at radius 2 is 2.10 bits per heavy atom. The van der Waals surface area contributed by atoms with E-state index in [2.05, 4.69) is 24.1 Å². The zero-order valence-corrected chi connectivity index (χ0v) is 13.0. The lowest BCUT2D eigenvalue weighted by molar-refractivity contribution is 0.0900. The molecule has 3 nitrogen and oxygen atoms in total. The summed E-state index contributed by atoms with van der Waals surface area (Å²) in [5.41, 5.74) is 1.68. The Labute approximate surface area is 126 Å². The van der Waals surface area contributed by atoms with Gasteiger partial charge in [0.1, 0.15) is 0 Å². The Hall–Kier alpha value is -1.06. The number of halogens is 1. The van der Waals surface area contributed by atoms with Crippen LogP contribution in [0.15, 0.2) is 24.3 Å². The van der Waals surface area contributed by atoms with Gasteiger partial charge in [-0.15, -0.1) is 11.6 Å². The second-order valence-corrected chi connectivity index (χ2v) is 5.98. The molecule has 110 valence electrons. The molecule has 0 atom stereocenters. The molecule has 20 heavy (non-hydrogen) atoms. The van der Waals surface area contributed by atoms with E-state index < -0.39 is 0 Å². The van der Waals surface area contributed by atoms with E-state index in [1.807, 2.05) is 24.3 Å². The molecule has 0 bridgehead atoms. The van der Waals surface area contributed by atoms with Gasteiger partial charge in [0.15, 0.2) is 0 Å². The van der Waals surface area contributed by atoms with Crippen LogP contribution in [0.3, 0.4) is 0 Å². The fourth-order valence-electron chi connectivity index (χ4n) is 2.62. The van der Waals surface area contributed by atoms with Crippen LogP contribution < -0.4 is 5.32 Å². The van der Waals surface area contributed by atoms with E-state index in [9.17, 15) is 4.79 Å². The monoisotopic (exact) mass is 294 g/mol. The molecule has 1 fully saturated rings. The fraction of sp³-hybridized carbons (Fsp3) is 0.562. The van der Waals surface area contributed by atoms with Crippen molar-refractivity contribution < 1.29 is 4.79 Å². The molecule has 2 rings (SSSR count). The van der Waals surface area contributed by atoms with Gasteiger partial charge in [-0.25, -0.2) is 0 Å². The number of hydrogen-bond acceptors (Lipinski definition) is 2. The molecule has 1 saturated heterocycles. The number of carbonyl (C=O) groups excluding carboxylic acids is 1. The van der Waals surface area contributed by atoms with E-state index in [1.54, 1.807) is 0 Å². The SMILES string of the molecule is CC(C)N1CCC(NC(=O)c2cccc(CCl)c2)CC1. The third kappa shape index (κ3) is 3.97. The minimum Gasteiger partial charge on any atom is -0.349 e. The minimum atomic E-state index is 0.0139. The fourth-order valence-corrected chi connectivity index (χ4v) is 2.79. The van der Waals surface area contributed by atoms with Crippen LogP contribution >= 0.6 is 11.6 Å². The Morgan fingerprint density at radius 1 is 1.40 bits per heavy atom. The Bertz CT molecular complexity index is 454. The summed E-state index contributed by atoms with van der Waals surface area (Å²) in [5, 5.41) is 3.14. The molecule has 1 heterocycles. The summed E-state index contributed by atoms with van der Waals surface area (Å²) in [6.45, 7) is 6.56. The Morgan fingerprint density at radius 3 is 2.70 bits per heavy atom. The normalized spacial score (nSPS) is 17.4. The molecule has 1 aromatic carbocycles. The predicted molar refractivity (Wildman–Crippen MR) is 83.2 cm³/mol. The van der Waals surface area contributed by atoms with Crippen molar-refractivity contribution in [3.8, 4) is 0 Å². The standard InChI is InChI=1S/C16H23ClN2O/c1-12(2)19-8-6-15(7-9-19)18-16(20)14-5-3-4-13(10-14)11-17/h3-5,10,12,15H,6-9,11H2,1-2H3,(H,18,20). The smallest absolute Gasteiger partial charge is 0.251 e. The summed E-state index contributed by atoms with van der Waals surface area (Å²) in [7, 11) is 0. The number of benzene rings is 1. The van der Waals surface area contributed by atoms with Gasteiger partial charge in [0, 0.05) is 36.6 Å². The van der Waals surface area contributed by atoms with Crippen molar-refractivity contribution in [2.45, 2.75) is 44.7 Å². The van der Waals surface area contributed by atoms with Crippen LogP contribution in [-0.4, -0.2) is 36.0 Å². The highest BCUT2D eigenvalue weighted by Gasteiger charge is 2.22. The number of alkyl halides is 1. The highest BCUT2D eigenvalue weighted by atomic mass is 35.5.